The molecular weight excluding hydrogens is 268 g/mol. The van der Waals surface area contributed by atoms with Crippen LogP contribution in [0.1, 0.15) is 18.4 Å². The summed E-state index contributed by atoms with van der Waals surface area (Å²) in [6.45, 7) is 2.94. The molecule has 1 atom stereocenters. The molecule has 112 valence electrons. The molecule has 0 spiro atoms. The van der Waals surface area contributed by atoms with Crippen molar-refractivity contribution >= 4 is 16.7 Å². The topological polar surface area (TPSA) is 71.5 Å². The number of nitrogens with one attached hydrogen (secondary N) is 1. The maximum Gasteiger partial charge on any atom is 0.320 e. The van der Waals surface area contributed by atoms with Crippen LogP contribution in [0.25, 0.3) is 10.8 Å². The van der Waals surface area contributed by atoms with Crippen molar-refractivity contribution in [2.75, 3.05) is 13.7 Å². The molecule has 0 saturated carbocycles. The smallest absolute Gasteiger partial charge is 0.320 e. The van der Waals surface area contributed by atoms with Gasteiger partial charge < -0.3 is 15.2 Å². The Labute approximate surface area is 124 Å². The fourth-order valence-electron chi connectivity index (χ4n) is 2.40. The Morgan fingerprint density at radius 1 is 1.38 bits per heavy atom. The number of carboxylic acids is 1. The van der Waals surface area contributed by atoms with E-state index < -0.39 is 5.97 Å². The number of carbonyl (C=O) groups is 1. The number of nitrogens with zero attached hydrogens (tertiary/aromatic N) is 1. The molecule has 1 aliphatic heterocycles. The Hall–Kier alpha value is -2.14. The Bertz CT molecular complexity index is 622. The first-order valence-electron chi connectivity index (χ1n) is 6.98. The van der Waals surface area contributed by atoms with Gasteiger partial charge >= 0.3 is 5.97 Å². The van der Waals surface area contributed by atoms with Crippen LogP contribution in [0.15, 0.2) is 30.5 Å². The summed E-state index contributed by atoms with van der Waals surface area (Å²) in [5.74, 6) is -0.0244. The van der Waals surface area contributed by atoms with Gasteiger partial charge in [-0.3, -0.25) is 4.79 Å². The molecule has 3 rings (SSSR count). The SMILES string of the molecule is COc1nccc2c(C)cccc12.O=C(O)[C@@H]1CCCN1. The van der Waals surface area contributed by atoms with Gasteiger partial charge in [-0.25, -0.2) is 4.98 Å². The number of pyridine rings is 1. The molecule has 2 heterocycles. The van der Waals surface area contributed by atoms with Gasteiger partial charge in [0.15, 0.2) is 0 Å². The molecule has 0 amide bonds. The van der Waals surface area contributed by atoms with Crippen LogP contribution >= 0.6 is 0 Å². The molecule has 1 saturated heterocycles. The van der Waals surface area contributed by atoms with E-state index in [1.807, 2.05) is 18.2 Å². The lowest BCUT2D eigenvalue weighted by Gasteiger charge is -2.05. The average Bonchev–Trinajstić information content (AvgIpc) is 3.02. The van der Waals surface area contributed by atoms with Gasteiger partial charge in [0.25, 0.3) is 0 Å². The highest BCUT2D eigenvalue weighted by molar-refractivity contribution is 5.89. The molecule has 21 heavy (non-hydrogen) atoms. The highest BCUT2D eigenvalue weighted by atomic mass is 16.5. The van der Waals surface area contributed by atoms with E-state index in [1.54, 1.807) is 13.3 Å². The summed E-state index contributed by atoms with van der Waals surface area (Å²) >= 11 is 0. The molecule has 1 fully saturated rings. The highest BCUT2D eigenvalue weighted by Gasteiger charge is 2.20. The van der Waals surface area contributed by atoms with Crippen molar-refractivity contribution in [2.45, 2.75) is 25.8 Å². The number of hydrogen-bond acceptors (Lipinski definition) is 4. The van der Waals surface area contributed by atoms with Crippen molar-refractivity contribution in [3.05, 3.63) is 36.0 Å². The lowest BCUT2D eigenvalue weighted by Crippen LogP contribution is -2.29. The summed E-state index contributed by atoms with van der Waals surface area (Å²) in [6.07, 6.45) is 3.56. The zero-order valence-corrected chi connectivity index (χ0v) is 12.3. The number of ether oxygens (including phenoxy) is 1. The minimum atomic E-state index is -0.720. The van der Waals surface area contributed by atoms with E-state index in [0.717, 1.165) is 24.8 Å². The van der Waals surface area contributed by atoms with Gasteiger partial charge in [-0.1, -0.05) is 12.1 Å². The van der Waals surface area contributed by atoms with E-state index >= 15 is 0 Å². The quantitative estimate of drug-likeness (QED) is 0.887. The van der Waals surface area contributed by atoms with Crippen molar-refractivity contribution in [3.63, 3.8) is 0 Å². The minimum Gasteiger partial charge on any atom is -0.481 e. The second-order valence-corrected chi connectivity index (χ2v) is 4.98. The normalized spacial score (nSPS) is 17.1. The molecule has 0 aliphatic carbocycles. The zero-order valence-electron chi connectivity index (χ0n) is 12.3. The molecule has 2 N–H and O–H groups in total. The first-order chi connectivity index (χ1) is 10.1. The van der Waals surface area contributed by atoms with Crippen molar-refractivity contribution in [2.24, 2.45) is 0 Å². The van der Waals surface area contributed by atoms with Crippen LogP contribution in [-0.2, 0) is 4.79 Å². The van der Waals surface area contributed by atoms with Crippen LogP contribution in [-0.4, -0.2) is 35.8 Å². The largest absolute Gasteiger partial charge is 0.481 e. The van der Waals surface area contributed by atoms with Crippen LogP contribution in [0.5, 0.6) is 5.88 Å². The number of hydrogen-bond donors (Lipinski definition) is 2. The molecule has 2 aromatic rings. The Balaban J connectivity index is 0.000000173. The summed E-state index contributed by atoms with van der Waals surface area (Å²) in [5, 5.41) is 13.5. The third kappa shape index (κ3) is 3.70. The van der Waals surface area contributed by atoms with Gasteiger partial charge in [-0.05, 0) is 49.4 Å². The summed E-state index contributed by atoms with van der Waals surface area (Å²) in [5.41, 5.74) is 1.25. The Morgan fingerprint density at radius 2 is 2.19 bits per heavy atom. The predicted octanol–water partition coefficient (Wildman–Crippen LogP) is 2.37. The first-order valence-corrected chi connectivity index (χ1v) is 6.98. The number of methoxy groups -OCH3 is 1. The monoisotopic (exact) mass is 288 g/mol. The molecule has 5 nitrogen and oxygen atoms in total. The Kier molecular flexibility index (Phi) is 5.11. The minimum absolute atomic E-state index is 0.269. The summed E-state index contributed by atoms with van der Waals surface area (Å²) in [7, 11) is 1.64. The van der Waals surface area contributed by atoms with E-state index in [4.69, 9.17) is 9.84 Å². The third-order valence-electron chi connectivity index (χ3n) is 3.54. The molecular formula is C16H20N2O3. The van der Waals surface area contributed by atoms with Gasteiger partial charge in [0.05, 0.1) is 7.11 Å². The molecule has 1 aliphatic rings. The van der Waals surface area contributed by atoms with Gasteiger partial charge in [-0.2, -0.15) is 0 Å². The second kappa shape index (κ2) is 7.04. The Morgan fingerprint density at radius 3 is 2.76 bits per heavy atom. The van der Waals surface area contributed by atoms with Crippen LogP contribution in [0, 0.1) is 6.92 Å². The number of benzene rings is 1. The lowest BCUT2D eigenvalue weighted by molar-refractivity contribution is -0.139. The van der Waals surface area contributed by atoms with Gasteiger partial charge in [-0.15, -0.1) is 0 Å². The number of fused-ring (bicyclic) bond motifs is 1. The molecule has 1 aromatic heterocycles. The number of carboxylic acid groups (broad SMARTS) is 1. The average molecular weight is 288 g/mol. The zero-order chi connectivity index (χ0) is 15.2. The summed E-state index contributed by atoms with van der Waals surface area (Å²) in [6, 6.07) is 7.86. The molecule has 0 bridgehead atoms. The molecule has 0 unspecified atom stereocenters. The van der Waals surface area contributed by atoms with E-state index in [1.165, 1.54) is 10.9 Å². The van der Waals surface area contributed by atoms with Crippen LogP contribution in [0.4, 0.5) is 0 Å². The van der Waals surface area contributed by atoms with Crippen molar-refractivity contribution in [1.29, 1.82) is 0 Å². The van der Waals surface area contributed by atoms with E-state index in [0.29, 0.717) is 5.88 Å². The van der Waals surface area contributed by atoms with Gasteiger partial charge in [0.1, 0.15) is 6.04 Å². The van der Waals surface area contributed by atoms with E-state index in [9.17, 15) is 4.79 Å². The maximum absolute atomic E-state index is 10.1. The molecule has 5 heteroatoms. The maximum atomic E-state index is 10.1. The molecule has 1 aromatic carbocycles. The van der Waals surface area contributed by atoms with Crippen molar-refractivity contribution < 1.29 is 14.6 Å². The van der Waals surface area contributed by atoms with Crippen molar-refractivity contribution in [1.82, 2.24) is 10.3 Å². The van der Waals surface area contributed by atoms with E-state index in [-0.39, 0.29) is 6.04 Å². The van der Waals surface area contributed by atoms with Crippen molar-refractivity contribution in [3.8, 4) is 5.88 Å². The van der Waals surface area contributed by atoms with Gasteiger partial charge in [0, 0.05) is 11.6 Å². The second-order valence-electron chi connectivity index (χ2n) is 4.98. The molecule has 0 radical (unpaired) electrons. The van der Waals surface area contributed by atoms with Crippen LogP contribution < -0.4 is 10.1 Å². The number of aliphatic carboxylic acids is 1. The fourth-order valence-corrected chi connectivity index (χ4v) is 2.40. The van der Waals surface area contributed by atoms with Gasteiger partial charge in [0.2, 0.25) is 5.88 Å². The van der Waals surface area contributed by atoms with Crippen LogP contribution in [0.3, 0.4) is 0 Å². The summed E-state index contributed by atoms with van der Waals surface area (Å²) in [4.78, 5) is 14.3. The first kappa shape index (κ1) is 15.3. The number of aryl methyl sites for hydroxylation is 1. The summed E-state index contributed by atoms with van der Waals surface area (Å²) < 4.78 is 5.17. The predicted molar refractivity (Wildman–Crippen MR) is 81.7 cm³/mol. The van der Waals surface area contributed by atoms with E-state index in [2.05, 4.69) is 23.3 Å². The fraction of sp³-hybridized carbons (Fsp3) is 0.375. The third-order valence-corrected chi connectivity index (χ3v) is 3.54. The lowest BCUT2D eigenvalue weighted by atomic mass is 10.1. The standard InChI is InChI=1S/C11H11NO.C5H9NO2/c1-8-4-3-5-10-9(8)6-7-12-11(10)13-2;7-5(8)4-2-1-3-6-4/h3-7H,1-2H3;4,6H,1-3H2,(H,7,8)/t;4-/m.0/s1. The van der Waals surface area contributed by atoms with Crippen LogP contribution in [0.2, 0.25) is 0 Å². The highest BCUT2D eigenvalue weighted by Crippen LogP contribution is 2.24. The number of rotatable bonds is 2. The number of aromatic nitrogens is 1.